The van der Waals surface area contributed by atoms with Crippen LogP contribution in [0.1, 0.15) is 27.3 Å². The molecule has 0 aromatic carbocycles. The van der Waals surface area contributed by atoms with E-state index >= 15 is 0 Å². The molecular formula is C14H18N4O2. The van der Waals surface area contributed by atoms with Crippen LogP contribution in [-0.4, -0.2) is 32.9 Å². The Morgan fingerprint density at radius 1 is 1.45 bits per heavy atom. The second-order valence-corrected chi connectivity index (χ2v) is 4.93. The summed E-state index contributed by atoms with van der Waals surface area (Å²) < 4.78 is 1.73. The lowest BCUT2D eigenvalue weighted by Gasteiger charge is -2.22. The minimum absolute atomic E-state index is 0.252. The Balaban J connectivity index is 2.38. The molecule has 0 bridgehead atoms. The molecule has 106 valence electrons. The number of aromatic nitrogens is 3. The van der Waals surface area contributed by atoms with E-state index < -0.39 is 5.97 Å². The van der Waals surface area contributed by atoms with Gasteiger partial charge in [0.05, 0.1) is 17.6 Å². The fourth-order valence-electron chi connectivity index (χ4n) is 2.29. The van der Waals surface area contributed by atoms with E-state index in [0.717, 1.165) is 11.3 Å². The van der Waals surface area contributed by atoms with Crippen LogP contribution in [0.5, 0.6) is 0 Å². The van der Waals surface area contributed by atoms with Crippen LogP contribution in [0.25, 0.3) is 0 Å². The van der Waals surface area contributed by atoms with Gasteiger partial charge in [-0.05, 0) is 19.9 Å². The number of hydrogen-bond donors (Lipinski definition) is 1. The maximum Gasteiger partial charge on any atom is 0.339 e. The van der Waals surface area contributed by atoms with Crippen LogP contribution in [-0.2, 0) is 13.6 Å². The van der Waals surface area contributed by atoms with Gasteiger partial charge >= 0.3 is 5.97 Å². The number of carboxylic acid groups (broad SMARTS) is 1. The molecule has 2 aromatic heterocycles. The summed E-state index contributed by atoms with van der Waals surface area (Å²) in [5.74, 6) is -0.956. The zero-order valence-electron chi connectivity index (χ0n) is 12.1. The van der Waals surface area contributed by atoms with Gasteiger partial charge in [0.15, 0.2) is 0 Å². The molecule has 0 atom stereocenters. The van der Waals surface area contributed by atoms with Crippen molar-refractivity contribution in [2.24, 2.45) is 7.05 Å². The maximum atomic E-state index is 11.4. The number of rotatable bonds is 4. The van der Waals surface area contributed by atoms with Crippen LogP contribution in [0.2, 0.25) is 0 Å². The second-order valence-electron chi connectivity index (χ2n) is 4.93. The van der Waals surface area contributed by atoms with Crippen LogP contribution < -0.4 is 4.90 Å². The molecule has 20 heavy (non-hydrogen) atoms. The minimum atomic E-state index is -0.956. The van der Waals surface area contributed by atoms with Gasteiger partial charge < -0.3 is 10.0 Å². The van der Waals surface area contributed by atoms with Gasteiger partial charge in [-0.2, -0.15) is 5.10 Å². The molecule has 0 unspecified atom stereocenters. The van der Waals surface area contributed by atoms with Gasteiger partial charge in [-0.25, -0.2) is 4.79 Å². The fraction of sp³-hybridized carbons (Fsp3) is 0.357. The molecule has 0 radical (unpaired) electrons. The van der Waals surface area contributed by atoms with E-state index in [0.29, 0.717) is 17.9 Å². The summed E-state index contributed by atoms with van der Waals surface area (Å²) in [5.41, 5.74) is 3.29. The molecule has 0 saturated heterocycles. The van der Waals surface area contributed by atoms with Gasteiger partial charge in [0.25, 0.3) is 0 Å². The lowest BCUT2D eigenvalue weighted by Crippen LogP contribution is -2.20. The molecule has 6 heteroatoms. The van der Waals surface area contributed by atoms with Crippen LogP contribution >= 0.6 is 0 Å². The third kappa shape index (κ3) is 2.79. The zero-order valence-corrected chi connectivity index (χ0v) is 12.1. The standard InChI is InChI=1S/C14H18N4O2/c1-9-5-12(13(14(19)20)10(2)16-9)17(3)7-11-6-15-18(4)8-11/h5-6,8H,7H2,1-4H3,(H,19,20). The normalized spacial score (nSPS) is 10.6. The quantitative estimate of drug-likeness (QED) is 0.920. The van der Waals surface area contributed by atoms with E-state index in [9.17, 15) is 9.90 Å². The first-order valence-corrected chi connectivity index (χ1v) is 6.28. The van der Waals surface area contributed by atoms with Crippen molar-refractivity contribution in [3.8, 4) is 0 Å². The van der Waals surface area contributed by atoms with Crippen LogP contribution in [0.4, 0.5) is 5.69 Å². The molecule has 2 heterocycles. The number of anilines is 1. The highest BCUT2D eigenvalue weighted by molar-refractivity contribution is 5.95. The van der Waals surface area contributed by atoms with Crippen molar-refractivity contribution >= 4 is 11.7 Å². The van der Waals surface area contributed by atoms with Crippen molar-refractivity contribution < 1.29 is 9.90 Å². The third-order valence-electron chi connectivity index (χ3n) is 3.11. The van der Waals surface area contributed by atoms with Crippen molar-refractivity contribution in [2.45, 2.75) is 20.4 Å². The minimum Gasteiger partial charge on any atom is -0.478 e. The average molecular weight is 274 g/mol. The molecule has 1 N–H and O–H groups in total. The largest absolute Gasteiger partial charge is 0.478 e. The van der Waals surface area contributed by atoms with E-state index in [4.69, 9.17) is 0 Å². The predicted molar refractivity (Wildman–Crippen MR) is 76.0 cm³/mol. The second kappa shape index (κ2) is 5.32. The lowest BCUT2D eigenvalue weighted by molar-refractivity contribution is 0.0696. The Morgan fingerprint density at radius 2 is 2.15 bits per heavy atom. The predicted octanol–water partition coefficient (Wildman–Crippen LogP) is 1.77. The highest BCUT2D eigenvalue weighted by atomic mass is 16.4. The SMILES string of the molecule is Cc1cc(N(C)Cc2cnn(C)c2)c(C(=O)O)c(C)n1. The number of nitrogens with zero attached hydrogens (tertiary/aromatic N) is 4. The Labute approximate surface area is 117 Å². The van der Waals surface area contributed by atoms with Crippen molar-refractivity contribution in [3.63, 3.8) is 0 Å². The first-order chi connectivity index (χ1) is 9.38. The van der Waals surface area contributed by atoms with Gasteiger partial charge in [0, 0.05) is 38.1 Å². The summed E-state index contributed by atoms with van der Waals surface area (Å²) in [6.45, 7) is 4.18. The molecule has 0 aliphatic rings. The Kier molecular flexibility index (Phi) is 3.74. The van der Waals surface area contributed by atoms with Crippen LogP contribution in [0, 0.1) is 13.8 Å². The van der Waals surface area contributed by atoms with Crippen molar-refractivity contribution in [3.05, 3.63) is 41.0 Å². The lowest BCUT2D eigenvalue weighted by atomic mass is 10.1. The van der Waals surface area contributed by atoms with Gasteiger partial charge in [-0.3, -0.25) is 9.67 Å². The summed E-state index contributed by atoms with van der Waals surface area (Å²) in [6, 6.07) is 1.80. The number of carbonyl (C=O) groups is 1. The van der Waals surface area contributed by atoms with E-state index in [1.54, 1.807) is 23.9 Å². The van der Waals surface area contributed by atoms with Crippen LogP contribution in [0.15, 0.2) is 18.5 Å². The summed E-state index contributed by atoms with van der Waals surface area (Å²) in [4.78, 5) is 17.6. The number of pyridine rings is 1. The maximum absolute atomic E-state index is 11.4. The topological polar surface area (TPSA) is 71.2 Å². The Hall–Kier alpha value is -2.37. The molecule has 0 aliphatic carbocycles. The molecule has 0 saturated carbocycles. The van der Waals surface area contributed by atoms with Crippen LogP contribution in [0.3, 0.4) is 0 Å². The van der Waals surface area contributed by atoms with E-state index in [2.05, 4.69) is 10.1 Å². The monoisotopic (exact) mass is 274 g/mol. The molecule has 0 fully saturated rings. The van der Waals surface area contributed by atoms with E-state index in [-0.39, 0.29) is 5.56 Å². The fourth-order valence-corrected chi connectivity index (χ4v) is 2.29. The Morgan fingerprint density at radius 3 is 2.70 bits per heavy atom. The summed E-state index contributed by atoms with van der Waals surface area (Å²) in [6.07, 6.45) is 3.69. The van der Waals surface area contributed by atoms with Gasteiger partial charge in [0.1, 0.15) is 5.56 Å². The molecule has 6 nitrogen and oxygen atoms in total. The van der Waals surface area contributed by atoms with Crippen molar-refractivity contribution in [2.75, 3.05) is 11.9 Å². The molecule has 0 aliphatic heterocycles. The third-order valence-corrected chi connectivity index (χ3v) is 3.11. The molecule has 2 aromatic rings. The molecule has 0 amide bonds. The number of carboxylic acids is 1. The highest BCUT2D eigenvalue weighted by Gasteiger charge is 2.18. The van der Waals surface area contributed by atoms with Gasteiger partial charge in [-0.1, -0.05) is 0 Å². The van der Waals surface area contributed by atoms with Gasteiger partial charge in [0.2, 0.25) is 0 Å². The Bertz CT molecular complexity index is 649. The summed E-state index contributed by atoms with van der Waals surface area (Å²) >= 11 is 0. The van der Waals surface area contributed by atoms with Crippen molar-refractivity contribution in [1.29, 1.82) is 0 Å². The van der Waals surface area contributed by atoms with E-state index in [1.807, 2.05) is 32.1 Å². The summed E-state index contributed by atoms with van der Waals surface area (Å²) in [7, 11) is 3.72. The number of aromatic carboxylic acids is 1. The number of hydrogen-bond acceptors (Lipinski definition) is 4. The average Bonchev–Trinajstić information content (AvgIpc) is 2.72. The van der Waals surface area contributed by atoms with Gasteiger partial charge in [-0.15, -0.1) is 0 Å². The highest BCUT2D eigenvalue weighted by Crippen LogP contribution is 2.24. The molecular weight excluding hydrogens is 256 g/mol. The smallest absolute Gasteiger partial charge is 0.339 e. The summed E-state index contributed by atoms with van der Waals surface area (Å²) in [5, 5.41) is 13.5. The van der Waals surface area contributed by atoms with E-state index in [1.165, 1.54) is 0 Å². The molecule has 2 rings (SSSR count). The zero-order chi connectivity index (χ0) is 14.9. The first kappa shape index (κ1) is 14.0. The number of aryl methyl sites for hydroxylation is 3. The van der Waals surface area contributed by atoms with Crippen molar-refractivity contribution in [1.82, 2.24) is 14.8 Å². The molecule has 0 spiro atoms. The first-order valence-electron chi connectivity index (χ1n) is 6.28.